The van der Waals surface area contributed by atoms with Gasteiger partial charge in [-0.25, -0.2) is 0 Å². The van der Waals surface area contributed by atoms with Crippen LogP contribution in [0.2, 0.25) is 0 Å². The zero-order valence-electron chi connectivity index (χ0n) is 14.3. The lowest BCUT2D eigenvalue weighted by atomic mass is 9.92. The second kappa shape index (κ2) is 7.46. The highest BCUT2D eigenvalue weighted by Crippen LogP contribution is 2.28. The van der Waals surface area contributed by atoms with Crippen molar-refractivity contribution in [1.82, 2.24) is 14.5 Å². The first-order chi connectivity index (χ1) is 12.0. The molecule has 0 saturated carbocycles. The number of amides is 1. The number of carbonyl (C=O) groups excluding carboxylic acids is 1. The molecule has 0 unspecified atom stereocenters. The largest absolute Gasteiger partial charge is 0.381 e. The summed E-state index contributed by atoms with van der Waals surface area (Å²) in [4.78, 5) is 28.6. The molecule has 2 aromatic rings. The minimum absolute atomic E-state index is 0.0101. The van der Waals surface area contributed by atoms with Gasteiger partial charge in [0.15, 0.2) is 0 Å². The van der Waals surface area contributed by atoms with Crippen molar-refractivity contribution in [2.24, 2.45) is 0 Å². The number of benzene rings is 1. The molecule has 1 saturated heterocycles. The Morgan fingerprint density at radius 2 is 2.04 bits per heavy atom. The van der Waals surface area contributed by atoms with E-state index in [9.17, 15) is 14.9 Å². The van der Waals surface area contributed by atoms with Crippen molar-refractivity contribution in [3.8, 4) is 0 Å². The molecule has 1 aromatic carbocycles. The smallest absolute Gasteiger partial charge is 0.358 e. The van der Waals surface area contributed by atoms with Crippen molar-refractivity contribution < 1.29 is 9.72 Å². The van der Waals surface area contributed by atoms with E-state index in [1.54, 1.807) is 11.5 Å². The molecular weight excluding hydrogens is 320 g/mol. The van der Waals surface area contributed by atoms with Gasteiger partial charge in [0.1, 0.15) is 12.7 Å². The summed E-state index contributed by atoms with van der Waals surface area (Å²) < 4.78 is 1.56. The summed E-state index contributed by atoms with van der Waals surface area (Å²) in [5.41, 5.74) is 1.33. The zero-order valence-corrected chi connectivity index (χ0v) is 14.3. The number of aromatic nitrogens is 2. The van der Waals surface area contributed by atoms with Crippen LogP contribution in [0.4, 0.5) is 5.82 Å². The van der Waals surface area contributed by atoms with Gasteiger partial charge in [0, 0.05) is 20.0 Å². The van der Waals surface area contributed by atoms with Crippen LogP contribution in [0.3, 0.4) is 0 Å². The standard InChI is InChI=1S/C18H22N4O3/c1-14-19-17(22(24)25)12-21(14)13-18(23)20-10-5-8-16(9-11-20)15-6-3-2-4-7-15/h2-4,6-7,12,16H,5,8-11,13H2,1H3/t16-/m1/s1. The third-order valence-electron chi connectivity index (χ3n) is 4.81. The number of hydrogen-bond acceptors (Lipinski definition) is 4. The molecule has 1 aromatic heterocycles. The highest BCUT2D eigenvalue weighted by molar-refractivity contribution is 5.76. The highest BCUT2D eigenvalue weighted by Gasteiger charge is 2.23. The maximum atomic E-state index is 12.6. The SMILES string of the molecule is Cc1nc([N+](=O)[O-])cn1CC(=O)N1CCC[C@@H](c2ccccc2)CC1. The average molecular weight is 342 g/mol. The van der Waals surface area contributed by atoms with Crippen LogP contribution < -0.4 is 0 Å². The molecule has 3 rings (SSSR count). The van der Waals surface area contributed by atoms with E-state index in [1.165, 1.54) is 11.8 Å². The number of aryl methyl sites for hydroxylation is 1. The van der Waals surface area contributed by atoms with Gasteiger partial charge in [-0.3, -0.25) is 9.36 Å². The predicted molar refractivity (Wildman–Crippen MR) is 93.2 cm³/mol. The third kappa shape index (κ3) is 4.04. The maximum absolute atomic E-state index is 12.6. The van der Waals surface area contributed by atoms with Crippen LogP contribution in [-0.4, -0.2) is 38.4 Å². The van der Waals surface area contributed by atoms with E-state index in [2.05, 4.69) is 29.2 Å². The minimum atomic E-state index is -0.537. The van der Waals surface area contributed by atoms with Crippen molar-refractivity contribution in [2.45, 2.75) is 38.6 Å². The van der Waals surface area contributed by atoms with Gasteiger partial charge in [0.25, 0.3) is 0 Å². The Balaban J connectivity index is 1.62. The quantitative estimate of drug-likeness (QED) is 0.632. The number of hydrogen-bond donors (Lipinski definition) is 0. The first-order valence-electron chi connectivity index (χ1n) is 8.55. The van der Waals surface area contributed by atoms with Gasteiger partial charge < -0.3 is 15.0 Å². The molecule has 2 heterocycles. The number of rotatable bonds is 4. The molecule has 0 aliphatic carbocycles. The predicted octanol–water partition coefficient (Wildman–Crippen LogP) is 2.90. The Hall–Kier alpha value is -2.70. The van der Waals surface area contributed by atoms with Gasteiger partial charge in [-0.05, 0) is 40.7 Å². The zero-order chi connectivity index (χ0) is 17.8. The molecule has 1 fully saturated rings. The van der Waals surface area contributed by atoms with Crippen molar-refractivity contribution in [3.05, 3.63) is 58.0 Å². The second-order valence-electron chi connectivity index (χ2n) is 6.45. The van der Waals surface area contributed by atoms with Gasteiger partial charge in [-0.15, -0.1) is 0 Å². The number of likely N-dealkylation sites (tertiary alicyclic amines) is 1. The number of carbonyl (C=O) groups is 1. The summed E-state index contributed by atoms with van der Waals surface area (Å²) in [7, 11) is 0. The molecule has 0 bridgehead atoms. The fourth-order valence-corrected chi connectivity index (χ4v) is 3.39. The molecule has 1 aliphatic rings. The number of imidazole rings is 1. The molecule has 132 valence electrons. The first kappa shape index (κ1) is 17.1. The van der Waals surface area contributed by atoms with Crippen LogP contribution in [0.15, 0.2) is 36.5 Å². The highest BCUT2D eigenvalue weighted by atomic mass is 16.6. The van der Waals surface area contributed by atoms with Crippen molar-refractivity contribution in [3.63, 3.8) is 0 Å². The monoisotopic (exact) mass is 342 g/mol. The molecule has 7 heteroatoms. The average Bonchev–Trinajstić information content (AvgIpc) is 2.83. The summed E-state index contributed by atoms with van der Waals surface area (Å²) in [5, 5.41) is 10.8. The van der Waals surface area contributed by atoms with Crippen molar-refractivity contribution in [2.75, 3.05) is 13.1 Å². The molecule has 1 aliphatic heterocycles. The van der Waals surface area contributed by atoms with Gasteiger partial charge in [-0.1, -0.05) is 30.3 Å². The first-order valence-corrected chi connectivity index (χ1v) is 8.55. The Morgan fingerprint density at radius 3 is 2.72 bits per heavy atom. The topological polar surface area (TPSA) is 81.3 Å². The molecule has 1 atom stereocenters. The van der Waals surface area contributed by atoms with E-state index in [0.29, 0.717) is 18.3 Å². The van der Waals surface area contributed by atoms with E-state index in [1.807, 2.05) is 11.0 Å². The minimum Gasteiger partial charge on any atom is -0.358 e. The Morgan fingerprint density at radius 1 is 1.28 bits per heavy atom. The fourth-order valence-electron chi connectivity index (χ4n) is 3.39. The van der Waals surface area contributed by atoms with E-state index in [4.69, 9.17) is 0 Å². The van der Waals surface area contributed by atoms with Crippen LogP contribution in [-0.2, 0) is 11.3 Å². The summed E-state index contributed by atoms with van der Waals surface area (Å²) in [6.07, 6.45) is 4.31. The van der Waals surface area contributed by atoms with E-state index < -0.39 is 4.92 Å². The van der Waals surface area contributed by atoms with E-state index >= 15 is 0 Å². The number of nitrogens with zero attached hydrogens (tertiary/aromatic N) is 4. The summed E-state index contributed by atoms with van der Waals surface area (Å²) in [6.45, 7) is 3.23. The molecule has 7 nitrogen and oxygen atoms in total. The van der Waals surface area contributed by atoms with Gasteiger partial charge in [-0.2, -0.15) is 0 Å². The van der Waals surface area contributed by atoms with E-state index in [-0.39, 0.29) is 18.3 Å². The van der Waals surface area contributed by atoms with Crippen LogP contribution >= 0.6 is 0 Å². The summed E-state index contributed by atoms with van der Waals surface area (Å²) >= 11 is 0. The molecule has 0 spiro atoms. The Kier molecular flexibility index (Phi) is 5.11. The summed E-state index contributed by atoms with van der Waals surface area (Å²) in [5.74, 6) is 0.738. The molecule has 0 radical (unpaired) electrons. The van der Waals surface area contributed by atoms with Crippen LogP contribution in [0.25, 0.3) is 0 Å². The Labute approximate surface area is 146 Å². The number of nitro groups is 1. The van der Waals surface area contributed by atoms with Crippen molar-refractivity contribution >= 4 is 11.7 Å². The normalized spacial score (nSPS) is 18.0. The Bertz CT molecular complexity index is 757. The van der Waals surface area contributed by atoms with Gasteiger partial charge >= 0.3 is 5.82 Å². The van der Waals surface area contributed by atoms with Crippen LogP contribution in [0.1, 0.15) is 36.6 Å². The maximum Gasteiger partial charge on any atom is 0.381 e. The van der Waals surface area contributed by atoms with E-state index in [0.717, 1.165) is 25.8 Å². The van der Waals surface area contributed by atoms with Crippen LogP contribution in [0.5, 0.6) is 0 Å². The van der Waals surface area contributed by atoms with Gasteiger partial charge in [0.05, 0.1) is 0 Å². The molecular formula is C18H22N4O3. The lowest BCUT2D eigenvalue weighted by molar-refractivity contribution is -0.389. The third-order valence-corrected chi connectivity index (χ3v) is 4.81. The molecule has 25 heavy (non-hydrogen) atoms. The lowest BCUT2D eigenvalue weighted by Crippen LogP contribution is -2.34. The molecule has 1 amide bonds. The fraction of sp³-hybridized carbons (Fsp3) is 0.444. The second-order valence-corrected chi connectivity index (χ2v) is 6.45. The molecule has 0 N–H and O–H groups in total. The lowest BCUT2D eigenvalue weighted by Gasteiger charge is -2.21. The summed E-state index contributed by atoms with van der Waals surface area (Å²) in [6, 6.07) is 10.4. The van der Waals surface area contributed by atoms with Gasteiger partial charge in [0.2, 0.25) is 11.7 Å². The van der Waals surface area contributed by atoms with Crippen LogP contribution in [0, 0.1) is 17.0 Å². The van der Waals surface area contributed by atoms with Crippen molar-refractivity contribution in [1.29, 1.82) is 0 Å².